The quantitative estimate of drug-likeness (QED) is 0.764. The van der Waals surface area contributed by atoms with Crippen LogP contribution in [-0.4, -0.2) is 37.4 Å². The minimum absolute atomic E-state index is 0.0268. The van der Waals surface area contributed by atoms with Crippen LogP contribution in [0, 0.1) is 18.8 Å². The first-order chi connectivity index (χ1) is 11.5. The van der Waals surface area contributed by atoms with E-state index in [9.17, 15) is 14.4 Å². The number of hydrogen-bond donors (Lipinski definition) is 2. The first-order valence-corrected chi connectivity index (χ1v) is 8.47. The summed E-state index contributed by atoms with van der Waals surface area (Å²) in [5, 5.41) is 5.62. The lowest BCUT2D eigenvalue weighted by molar-refractivity contribution is -0.126. The first-order valence-electron chi connectivity index (χ1n) is 8.47. The third-order valence-electron chi connectivity index (χ3n) is 4.51. The van der Waals surface area contributed by atoms with Gasteiger partial charge >= 0.3 is 0 Å². The molecule has 1 atom stereocenters. The summed E-state index contributed by atoms with van der Waals surface area (Å²) in [6.07, 6.45) is 2.17. The number of nitrogens with one attached hydrogen (secondary N) is 2. The van der Waals surface area contributed by atoms with Crippen LogP contribution in [0.1, 0.15) is 24.8 Å². The molecule has 1 saturated heterocycles. The Labute approximate surface area is 141 Å². The third-order valence-corrected chi connectivity index (χ3v) is 4.51. The van der Waals surface area contributed by atoms with E-state index >= 15 is 0 Å². The van der Waals surface area contributed by atoms with Crippen molar-refractivity contribution in [3.8, 4) is 0 Å². The van der Waals surface area contributed by atoms with E-state index in [0.717, 1.165) is 24.1 Å². The smallest absolute Gasteiger partial charge is 0.227 e. The normalized spacial score (nSPS) is 20.1. The Morgan fingerprint density at radius 3 is 2.21 bits per heavy atom. The second-order valence-corrected chi connectivity index (χ2v) is 6.60. The summed E-state index contributed by atoms with van der Waals surface area (Å²) in [6, 6.07) is 7.72. The number of benzene rings is 1. The SMILES string of the molecule is Cc1ccc(N2C[C@@H](C(=O)NCCNC(=O)C3CC3)CC2=O)cc1. The molecule has 128 valence electrons. The van der Waals surface area contributed by atoms with Crippen LogP contribution in [0.3, 0.4) is 0 Å². The molecule has 2 aliphatic rings. The van der Waals surface area contributed by atoms with E-state index in [0.29, 0.717) is 19.6 Å². The predicted molar refractivity (Wildman–Crippen MR) is 90.4 cm³/mol. The molecule has 1 aromatic rings. The number of amides is 3. The molecule has 0 bridgehead atoms. The number of aryl methyl sites for hydroxylation is 1. The zero-order chi connectivity index (χ0) is 17.1. The molecule has 6 nitrogen and oxygen atoms in total. The maximum absolute atomic E-state index is 12.2. The number of carbonyl (C=O) groups excluding carboxylic acids is 3. The molecule has 1 aromatic carbocycles. The highest BCUT2D eigenvalue weighted by atomic mass is 16.2. The number of carbonyl (C=O) groups is 3. The monoisotopic (exact) mass is 329 g/mol. The van der Waals surface area contributed by atoms with Gasteiger partial charge in [0, 0.05) is 37.7 Å². The van der Waals surface area contributed by atoms with Crippen LogP contribution < -0.4 is 15.5 Å². The maximum atomic E-state index is 12.2. The highest BCUT2D eigenvalue weighted by molar-refractivity contribution is 6.00. The van der Waals surface area contributed by atoms with Crippen molar-refractivity contribution < 1.29 is 14.4 Å². The minimum Gasteiger partial charge on any atom is -0.354 e. The molecule has 2 fully saturated rings. The molecule has 2 N–H and O–H groups in total. The van der Waals surface area contributed by atoms with Crippen molar-refractivity contribution in [3.05, 3.63) is 29.8 Å². The van der Waals surface area contributed by atoms with Gasteiger partial charge in [-0.15, -0.1) is 0 Å². The van der Waals surface area contributed by atoms with E-state index in [-0.39, 0.29) is 36.0 Å². The standard InChI is InChI=1S/C18H23N3O3/c1-12-2-6-15(7-3-12)21-11-14(10-16(21)22)18(24)20-9-8-19-17(23)13-4-5-13/h2-3,6-7,13-14H,4-5,8-11H2,1H3,(H,19,23)(H,20,24)/t14-/m0/s1. The van der Waals surface area contributed by atoms with Gasteiger partial charge in [0.15, 0.2) is 0 Å². The van der Waals surface area contributed by atoms with Crippen LogP contribution in [0.25, 0.3) is 0 Å². The van der Waals surface area contributed by atoms with E-state index in [4.69, 9.17) is 0 Å². The van der Waals surface area contributed by atoms with E-state index in [1.165, 1.54) is 0 Å². The van der Waals surface area contributed by atoms with Gasteiger partial charge in [-0.3, -0.25) is 14.4 Å². The van der Waals surface area contributed by atoms with Gasteiger partial charge in [0.2, 0.25) is 17.7 Å². The summed E-state index contributed by atoms with van der Waals surface area (Å²) in [5.74, 6) is -0.236. The van der Waals surface area contributed by atoms with Crippen molar-refractivity contribution >= 4 is 23.4 Å². The average Bonchev–Trinajstić information content (AvgIpc) is 3.35. The minimum atomic E-state index is -0.335. The van der Waals surface area contributed by atoms with E-state index in [2.05, 4.69) is 10.6 Å². The Morgan fingerprint density at radius 1 is 1.04 bits per heavy atom. The molecule has 1 aliphatic carbocycles. The van der Waals surface area contributed by atoms with Crippen LogP contribution in [0.5, 0.6) is 0 Å². The van der Waals surface area contributed by atoms with Gasteiger partial charge in [-0.1, -0.05) is 17.7 Å². The zero-order valence-corrected chi connectivity index (χ0v) is 13.9. The van der Waals surface area contributed by atoms with Crippen molar-refractivity contribution in [3.63, 3.8) is 0 Å². The maximum Gasteiger partial charge on any atom is 0.227 e. The predicted octanol–water partition coefficient (Wildman–Crippen LogP) is 0.990. The molecule has 1 aliphatic heterocycles. The van der Waals surface area contributed by atoms with Crippen molar-refractivity contribution in [2.45, 2.75) is 26.2 Å². The summed E-state index contributed by atoms with van der Waals surface area (Å²) in [6.45, 7) is 3.23. The zero-order valence-electron chi connectivity index (χ0n) is 13.9. The molecule has 0 aromatic heterocycles. The number of rotatable bonds is 6. The van der Waals surface area contributed by atoms with Gasteiger partial charge in [0.25, 0.3) is 0 Å². The van der Waals surface area contributed by atoms with Crippen LogP contribution in [0.4, 0.5) is 5.69 Å². The molecule has 3 rings (SSSR count). The Kier molecular flexibility index (Phi) is 4.83. The summed E-state index contributed by atoms with van der Waals surface area (Å²) in [7, 11) is 0. The first kappa shape index (κ1) is 16.5. The Bertz CT molecular complexity index is 637. The van der Waals surface area contributed by atoms with Crippen LogP contribution in [-0.2, 0) is 14.4 Å². The fourth-order valence-electron chi connectivity index (χ4n) is 2.86. The Morgan fingerprint density at radius 2 is 1.62 bits per heavy atom. The van der Waals surface area contributed by atoms with Gasteiger partial charge < -0.3 is 15.5 Å². The molecule has 0 radical (unpaired) electrons. The van der Waals surface area contributed by atoms with Gasteiger partial charge in [-0.2, -0.15) is 0 Å². The van der Waals surface area contributed by atoms with Crippen molar-refractivity contribution in [1.29, 1.82) is 0 Å². The Balaban J connectivity index is 1.45. The van der Waals surface area contributed by atoms with Gasteiger partial charge in [0.1, 0.15) is 0 Å². The van der Waals surface area contributed by atoms with E-state index in [1.54, 1.807) is 4.90 Å². The number of anilines is 1. The molecule has 1 heterocycles. The summed E-state index contributed by atoms with van der Waals surface area (Å²) >= 11 is 0. The molecule has 1 saturated carbocycles. The second kappa shape index (κ2) is 7.03. The molecule has 3 amide bonds. The topological polar surface area (TPSA) is 78.5 Å². The summed E-state index contributed by atoms with van der Waals surface area (Å²) < 4.78 is 0. The van der Waals surface area contributed by atoms with Gasteiger partial charge in [-0.05, 0) is 31.9 Å². The summed E-state index contributed by atoms with van der Waals surface area (Å²) in [4.78, 5) is 37.5. The van der Waals surface area contributed by atoms with E-state index < -0.39 is 0 Å². The molecule has 0 spiro atoms. The molecular formula is C18H23N3O3. The Hall–Kier alpha value is -2.37. The lowest BCUT2D eigenvalue weighted by atomic mass is 10.1. The third kappa shape index (κ3) is 3.93. The van der Waals surface area contributed by atoms with Crippen LogP contribution >= 0.6 is 0 Å². The highest BCUT2D eigenvalue weighted by Gasteiger charge is 2.35. The molecule has 24 heavy (non-hydrogen) atoms. The fourth-order valence-corrected chi connectivity index (χ4v) is 2.86. The highest BCUT2D eigenvalue weighted by Crippen LogP contribution is 2.28. The molecular weight excluding hydrogens is 306 g/mol. The second-order valence-electron chi connectivity index (χ2n) is 6.60. The lowest BCUT2D eigenvalue weighted by Crippen LogP contribution is -2.38. The summed E-state index contributed by atoms with van der Waals surface area (Å²) in [5.41, 5.74) is 1.96. The van der Waals surface area contributed by atoms with E-state index in [1.807, 2.05) is 31.2 Å². The van der Waals surface area contributed by atoms with Crippen molar-refractivity contribution in [1.82, 2.24) is 10.6 Å². The van der Waals surface area contributed by atoms with Gasteiger partial charge in [0.05, 0.1) is 5.92 Å². The molecule has 0 unspecified atom stereocenters. The van der Waals surface area contributed by atoms with Crippen LogP contribution in [0.2, 0.25) is 0 Å². The number of nitrogens with zero attached hydrogens (tertiary/aromatic N) is 1. The average molecular weight is 329 g/mol. The largest absolute Gasteiger partial charge is 0.354 e. The van der Waals surface area contributed by atoms with Crippen molar-refractivity contribution in [2.24, 2.45) is 11.8 Å². The van der Waals surface area contributed by atoms with Crippen LogP contribution in [0.15, 0.2) is 24.3 Å². The number of hydrogen-bond acceptors (Lipinski definition) is 3. The fraction of sp³-hybridized carbons (Fsp3) is 0.500. The lowest BCUT2D eigenvalue weighted by Gasteiger charge is -2.17. The van der Waals surface area contributed by atoms with Gasteiger partial charge in [-0.25, -0.2) is 0 Å². The van der Waals surface area contributed by atoms with Crippen molar-refractivity contribution in [2.75, 3.05) is 24.5 Å². The molecule has 6 heteroatoms.